The second-order valence-electron chi connectivity index (χ2n) is 3.93. The Kier molecular flexibility index (Phi) is 5.01. The number of hydrogen-bond donors (Lipinski definition) is 0. The summed E-state index contributed by atoms with van der Waals surface area (Å²) < 4.78 is 10.9. The zero-order chi connectivity index (χ0) is 14.4. The Morgan fingerprint density at radius 2 is 1.90 bits per heavy atom. The van der Waals surface area contributed by atoms with Crippen molar-refractivity contribution in [3.8, 4) is 17.3 Å². The first kappa shape index (κ1) is 14.4. The van der Waals surface area contributed by atoms with Crippen LogP contribution in [0.5, 0.6) is 5.88 Å². The van der Waals surface area contributed by atoms with Gasteiger partial charge < -0.3 is 9.47 Å². The van der Waals surface area contributed by atoms with Crippen molar-refractivity contribution >= 4 is 17.3 Å². The van der Waals surface area contributed by atoms with Crippen LogP contribution in [0.1, 0.15) is 19.4 Å². The van der Waals surface area contributed by atoms with E-state index in [1.54, 1.807) is 6.20 Å². The van der Waals surface area contributed by atoms with Crippen LogP contribution in [-0.4, -0.2) is 28.2 Å². The molecule has 104 valence electrons. The zero-order valence-electron chi connectivity index (χ0n) is 11.5. The highest BCUT2D eigenvalue weighted by molar-refractivity contribution is 7.80. The van der Waals surface area contributed by atoms with Crippen LogP contribution in [0.4, 0.5) is 0 Å². The molecule has 2 rings (SSSR count). The van der Waals surface area contributed by atoms with Crippen LogP contribution in [0.3, 0.4) is 0 Å². The first-order valence-electron chi connectivity index (χ1n) is 6.48. The Morgan fingerprint density at radius 1 is 1.15 bits per heavy atom. The first-order chi connectivity index (χ1) is 9.76. The highest BCUT2D eigenvalue weighted by Gasteiger charge is 2.14. The minimum atomic E-state index is 0.357. The van der Waals surface area contributed by atoms with Crippen LogP contribution >= 0.6 is 12.2 Å². The van der Waals surface area contributed by atoms with Gasteiger partial charge in [-0.15, -0.1) is 0 Å². The van der Waals surface area contributed by atoms with Gasteiger partial charge in [0.05, 0.1) is 13.2 Å². The molecule has 0 aliphatic heterocycles. The van der Waals surface area contributed by atoms with E-state index >= 15 is 0 Å². The van der Waals surface area contributed by atoms with Gasteiger partial charge in [0.2, 0.25) is 5.88 Å². The standard InChI is InChI=1S/C15H16N2O2S/c1-3-18-14-12(15(20)19-4-2)10-16-13(17-14)11-8-6-5-7-9-11/h5-10H,3-4H2,1-2H3. The molecule has 0 N–H and O–H groups in total. The molecule has 0 amide bonds. The molecule has 1 heterocycles. The Balaban J connectivity index is 2.39. The normalized spacial score (nSPS) is 10.1. The Morgan fingerprint density at radius 3 is 2.55 bits per heavy atom. The van der Waals surface area contributed by atoms with Gasteiger partial charge in [0.1, 0.15) is 5.56 Å². The maximum atomic E-state index is 5.55. The third kappa shape index (κ3) is 3.30. The van der Waals surface area contributed by atoms with Gasteiger partial charge in [-0.1, -0.05) is 30.3 Å². The summed E-state index contributed by atoms with van der Waals surface area (Å²) in [6.45, 7) is 4.79. The predicted molar refractivity (Wildman–Crippen MR) is 82.0 cm³/mol. The van der Waals surface area contributed by atoms with Gasteiger partial charge in [0, 0.05) is 11.8 Å². The Labute approximate surface area is 123 Å². The number of thiocarbonyl (C=S) groups is 1. The summed E-state index contributed by atoms with van der Waals surface area (Å²) in [5.74, 6) is 1.07. The van der Waals surface area contributed by atoms with Crippen molar-refractivity contribution in [2.24, 2.45) is 0 Å². The zero-order valence-corrected chi connectivity index (χ0v) is 12.3. The first-order valence-corrected chi connectivity index (χ1v) is 6.89. The van der Waals surface area contributed by atoms with Crippen LogP contribution in [0, 0.1) is 0 Å². The molecule has 1 aromatic heterocycles. The van der Waals surface area contributed by atoms with E-state index in [1.165, 1.54) is 0 Å². The number of hydrogen-bond acceptors (Lipinski definition) is 5. The summed E-state index contributed by atoms with van der Waals surface area (Å²) in [7, 11) is 0. The van der Waals surface area contributed by atoms with Crippen LogP contribution in [0.15, 0.2) is 36.5 Å². The lowest BCUT2D eigenvalue weighted by Crippen LogP contribution is -2.09. The lowest BCUT2D eigenvalue weighted by Gasteiger charge is -2.11. The van der Waals surface area contributed by atoms with Crippen molar-refractivity contribution in [1.82, 2.24) is 9.97 Å². The maximum absolute atomic E-state index is 5.55. The highest BCUT2D eigenvalue weighted by Crippen LogP contribution is 2.22. The van der Waals surface area contributed by atoms with E-state index in [0.29, 0.717) is 35.5 Å². The molecular weight excluding hydrogens is 272 g/mol. The van der Waals surface area contributed by atoms with E-state index in [9.17, 15) is 0 Å². The SMILES string of the molecule is CCOC(=S)c1cnc(-c2ccccc2)nc1OCC. The van der Waals surface area contributed by atoms with Gasteiger partial charge in [-0.2, -0.15) is 4.98 Å². The van der Waals surface area contributed by atoms with Crippen molar-refractivity contribution < 1.29 is 9.47 Å². The molecule has 2 aromatic rings. The van der Waals surface area contributed by atoms with E-state index in [2.05, 4.69) is 9.97 Å². The van der Waals surface area contributed by atoms with Gasteiger partial charge in [0.15, 0.2) is 10.9 Å². The van der Waals surface area contributed by atoms with E-state index in [0.717, 1.165) is 5.56 Å². The molecule has 0 atom stereocenters. The second kappa shape index (κ2) is 6.96. The van der Waals surface area contributed by atoms with Crippen molar-refractivity contribution in [2.75, 3.05) is 13.2 Å². The van der Waals surface area contributed by atoms with Crippen molar-refractivity contribution in [1.29, 1.82) is 0 Å². The number of ether oxygens (including phenoxy) is 2. The molecule has 4 nitrogen and oxygen atoms in total. The van der Waals surface area contributed by atoms with E-state index in [1.807, 2.05) is 44.2 Å². The number of benzene rings is 1. The second-order valence-corrected chi connectivity index (χ2v) is 4.30. The average molecular weight is 288 g/mol. The van der Waals surface area contributed by atoms with Crippen molar-refractivity contribution in [3.63, 3.8) is 0 Å². The molecule has 0 spiro atoms. The molecule has 0 saturated heterocycles. The topological polar surface area (TPSA) is 44.2 Å². The van der Waals surface area contributed by atoms with Crippen molar-refractivity contribution in [2.45, 2.75) is 13.8 Å². The maximum Gasteiger partial charge on any atom is 0.229 e. The highest BCUT2D eigenvalue weighted by atomic mass is 32.1. The van der Waals surface area contributed by atoms with E-state index in [-0.39, 0.29) is 0 Å². The molecule has 1 aromatic carbocycles. The molecule has 0 unspecified atom stereocenters. The van der Waals surface area contributed by atoms with Crippen molar-refractivity contribution in [3.05, 3.63) is 42.1 Å². The average Bonchev–Trinajstić information content (AvgIpc) is 2.48. The monoisotopic (exact) mass is 288 g/mol. The number of rotatable bonds is 5. The van der Waals surface area contributed by atoms with E-state index in [4.69, 9.17) is 21.7 Å². The molecule has 0 aliphatic carbocycles. The summed E-state index contributed by atoms with van der Waals surface area (Å²) in [5, 5.41) is 0.357. The summed E-state index contributed by atoms with van der Waals surface area (Å²) >= 11 is 5.20. The fraction of sp³-hybridized carbons (Fsp3) is 0.267. The summed E-state index contributed by atoms with van der Waals surface area (Å²) in [5.41, 5.74) is 1.55. The molecule has 0 radical (unpaired) electrons. The van der Waals surface area contributed by atoms with Gasteiger partial charge in [-0.25, -0.2) is 4.98 Å². The molecular formula is C15H16N2O2S. The lowest BCUT2D eigenvalue weighted by atomic mass is 10.2. The third-order valence-electron chi connectivity index (χ3n) is 2.56. The number of nitrogens with zero attached hydrogens (tertiary/aromatic N) is 2. The van der Waals surface area contributed by atoms with Crippen LogP contribution in [0.2, 0.25) is 0 Å². The molecule has 0 saturated carbocycles. The number of aromatic nitrogens is 2. The summed E-state index contributed by atoms with van der Waals surface area (Å²) in [6, 6.07) is 9.73. The molecule has 0 fully saturated rings. The minimum Gasteiger partial charge on any atom is -0.483 e. The fourth-order valence-electron chi connectivity index (χ4n) is 1.69. The lowest BCUT2D eigenvalue weighted by molar-refractivity contribution is 0.315. The predicted octanol–water partition coefficient (Wildman–Crippen LogP) is 3.25. The third-order valence-corrected chi connectivity index (χ3v) is 2.90. The Bertz CT molecular complexity index is 588. The summed E-state index contributed by atoms with van der Waals surface area (Å²) in [6.07, 6.45) is 1.65. The van der Waals surface area contributed by atoms with E-state index < -0.39 is 0 Å². The minimum absolute atomic E-state index is 0.357. The summed E-state index contributed by atoms with van der Waals surface area (Å²) in [4.78, 5) is 8.77. The van der Waals surface area contributed by atoms with Gasteiger partial charge in [-0.05, 0) is 26.1 Å². The van der Waals surface area contributed by atoms with Crippen LogP contribution < -0.4 is 4.74 Å². The fourth-order valence-corrected chi connectivity index (χ4v) is 1.95. The Hall–Kier alpha value is -2.01. The van der Waals surface area contributed by atoms with Crippen LogP contribution in [0.25, 0.3) is 11.4 Å². The quantitative estimate of drug-likeness (QED) is 0.790. The largest absolute Gasteiger partial charge is 0.483 e. The molecule has 20 heavy (non-hydrogen) atoms. The molecule has 0 aliphatic rings. The van der Waals surface area contributed by atoms with Gasteiger partial charge in [-0.3, -0.25) is 0 Å². The molecule has 0 bridgehead atoms. The smallest absolute Gasteiger partial charge is 0.229 e. The van der Waals surface area contributed by atoms with Gasteiger partial charge in [0.25, 0.3) is 0 Å². The van der Waals surface area contributed by atoms with Gasteiger partial charge >= 0.3 is 0 Å². The molecule has 5 heteroatoms. The van der Waals surface area contributed by atoms with Crippen LogP contribution in [-0.2, 0) is 4.74 Å².